The zero-order chi connectivity index (χ0) is 15.8. The highest BCUT2D eigenvalue weighted by Gasteiger charge is 2.32. The van der Waals surface area contributed by atoms with Gasteiger partial charge in [0.25, 0.3) is 0 Å². The Morgan fingerprint density at radius 2 is 1.71 bits per heavy atom. The van der Waals surface area contributed by atoms with Crippen molar-refractivity contribution in [3.63, 3.8) is 0 Å². The van der Waals surface area contributed by atoms with Gasteiger partial charge in [-0.1, -0.05) is 0 Å². The number of hydrogen-bond acceptors (Lipinski definition) is 2. The first-order valence-corrected chi connectivity index (χ1v) is 5.57. The van der Waals surface area contributed by atoms with Crippen molar-refractivity contribution < 1.29 is 33.0 Å². The zero-order valence-corrected chi connectivity index (χ0v) is 10.3. The minimum absolute atomic E-state index is 0.336. The smallest absolute Gasteiger partial charge is 0.416 e. The van der Waals surface area contributed by atoms with Crippen molar-refractivity contribution in [3.05, 3.63) is 53.3 Å². The molecule has 2 rings (SSSR count). The maximum atomic E-state index is 12.7. The molecule has 0 radical (unpaired) electrons. The first-order chi connectivity index (χ1) is 9.71. The molecule has 0 aliphatic rings. The molecule has 2 N–H and O–H groups in total. The van der Waals surface area contributed by atoms with Crippen LogP contribution in [0.3, 0.4) is 0 Å². The summed E-state index contributed by atoms with van der Waals surface area (Å²) in [4.78, 5) is 22.1. The second-order valence-corrected chi connectivity index (χ2v) is 4.10. The van der Waals surface area contributed by atoms with Gasteiger partial charge in [0.05, 0.1) is 16.8 Å². The Labute approximate surface area is 115 Å². The lowest BCUT2D eigenvalue weighted by Crippen LogP contribution is -2.13. The number of rotatable bonds is 3. The van der Waals surface area contributed by atoms with Gasteiger partial charge < -0.3 is 14.8 Å². The second-order valence-electron chi connectivity index (χ2n) is 4.10. The maximum absolute atomic E-state index is 12.7. The monoisotopic (exact) mass is 299 g/mol. The molecule has 0 spiro atoms. The lowest BCUT2D eigenvalue weighted by atomic mass is 10.1. The summed E-state index contributed by atoms with van der Waals surface area (Å²) in [6, 6.07) is 4.50. The van der Waals surface area contributed by atoms with E-state index in [1.54, 1.807) is 0 Å². The molecule has 5 nitrogen and oxygen atoms in total. The molecular formula is C13H8F3NO4. The van der Waals surface area contributed by atoms with Crippen LogP contribution in [0.15, 0.2) is 36.5 Å². The highest BCUT2D eigenvalue weighted by molar-refractivity contribution is 5.93. The Morgan fingerprint density at radius 1 is 1.05 bits per heavy atom. The number of halogens is 3. The maximum Gasteiger partial charge on any atom is 0.416 e. The number of benzene rings is 1. The van der Waals surface area contributed by atoms with E-state index >= 15 is 0 Å². The molecule has 1 heterocycles. The Kier molecular flexibility index (Phi) is 3.46. The van der Waals surface area contributed by atoms with Crippen molar-refractivity contribution >= 4 is 11.9 Å². The average molecular weight is 299 g/mol. The van der Waals surface area contributed by atoms with Crippen LogP contribution >= 0.6 is 0 Å². The fourth-order valence-corrected chi connectivity index (χ4v) is 1.85. The summed E-state index contributed by atoms with van der Waals surface area (Å²) in [6.45, 7) is 0. The van der Waals surface area contributed by atoms with Gasteiger partial charge in [-0.05, 0) is 30.3 Å². The Bertz CT molecular complexity index is 718. The third kappa shape index (κ3) is 2.73. The van der Waals surface area contributed by atoms with Crippen LogP contribution in [0.5, 0.6) is 0 Å². The molecule has 0 fully saturated rings. The number of aromatic nitrogens is 1. The van der Waals surface area contributed by atoms with Gasteiger partial charge in [-0.3, -0.25) is 0 Å². The van der Waals surface area contributed by atoms with Gasteiger partial charge >= 0.3 is 18.1 Å². The number of carboxylic acid groups (broad SMARTS) is 2. The highest BCUT2D eigenvalue weighted by atomic mass is 19.4. The van der Waals surface area contributed by atoms with Crippen LogP contribution in [0.1, 0.15) is 26.4 Å². The number of carbonyl (C=O) groups is 2. The van der Waals surface area contributed by atoms with Crippen molar-refractivity contribution in [3.8, 4) is 5.69 Å². The van der Waals surface area contributed by atoms with Gasteiger partial charge in [-0.25, -0.2) is 9.59 Å². The Balaban J connectivity index is 2.72. The molecule has 0 amide bonds. The number of aromatic carboxylic acids is 2. The highest BCUT2D eigenvalue weighted by Crippen LogP contribution is 2.32. The lowest BCUT2D eigenvalue weighted by molar-refractivity contribution is -0.137. The van der Waals surface area contributed by atoms with Crippen LogP contribution in [0, 0.1) is 0 Å². The molecule has 110 valence electrons. The van der Waals surface area contributed by atoms with E-state index in [1.165, 1.54) is 12.3 Å². The van der Waals surface area contributed by atoms with E-state index in [1.807, 2.05) is 0 Å². The van der Waals surface area contributed by atoms with E-state index in [9.17, 15) is 22.8 Å². The van der Waals surface area contributed by atoms with Crippen LogP contribution in [0.4, 0.5) is 13.2 Å². The average Bonchev–Trinajstić information content (AvgIpc) is 2.85. The van der Waals surface area contributed by atoms with E-state index in [-0.39, 0.29) is 11.4 Å². The second kappa shape index (κ2) is 4.97. The van der Waals surface area contributed by atoms with Crippen molar-refractivity contribution in [2.45, 2.75) is 6.18 Å². The Hall–Kier alpha value is -2.77. The summed E-state index contributed by atoms with van der Waals surface area (Å²) in [7, 11) is 0. The number of alkyl halides is 3. The molecule has 1 aromatic carbocycles. The van der Waals surface area contributed by atoms with E-state index < -0.39 is 29.2 Å². The topological polar surface area (TPSA) is 79.5 Å². The number of hydrogen-bond donors (Lipinski definition) is 2. The van der Waals surface area contributed by atoms with Gasteiger partial charge in [0.1, 0.15) is 5.69 Å². The first kappa shape index (κ1) is 14.6. The van der Waals surface area contributed by atoms with Gasteiger partial charge in [0, 0.05) is 6.20 Å². The molecule has 0 aliphatic heterocycles. The fourth-order valence-electron chi connectivity index (χ4n) is 1.85. The van der Waals surface area contributed by atoms with Gasteiger partial charge in [0.2, 0.25) is 0 Å². The summed E-state index contributed by atoms with van der Waals surface area (Å²) in [6.07, 6.45) is -3.48. The van der Waals surface area contributed by atoms with E-state index in [0.717, 1.165) is 16.7 Å². The zero-order valence-electron chi connectivity index (χ0n) is 10.3. The minimum atomic E-state index is -4.66. The fraction of sp³-hybridized carbons (Fsp3) is 0.0769. The summed E-state index contributed by atoms with van der Waals surface area (Å²) >= 11 is 0. The van der Waals surface area contributed by atoms with Crippen molar-refractivity contribution in [2.24, 2.45) is 0 Å². The van der Waals surface area contributed by atoms with Gasteiger partial charge in [-0.15, -0.1) is 0 Å². The van der Waals surface area contributed by atoms with Crippen LogP contribution in [-0.2, 0) is 6.18 Å². The van der Waals surface area contributed by atoms with E-state index in [2.05, 4.69) is 0 Å². The van der Waals surface area contributed by atoms with Gasteiger partial charge in [0.15, 0.2) is 0 Å². The molecular weight excluding hydrogens is 291 g/mol. The lowest BCUT2D eigenvalue weighted by Gasteiger charge is -2.13. The number of carboxylic acids is 2. The van der Waals surface area contributed by atoms with Crippen molar-refractivity contribution in [1.82, 2.24) is 4.57 Å². The molecule has 0 saturated heterocycles. The van der Waals surface area contributed by atoms with Crippen LogP contribution in [-0.4, -0.2) is 26.7 Å². The quantitative estimate of drug-likeness (QED) is 0.913. The number of nitrogens with zero attached hydrogens (tertiary/aromatic N) is 1. The van der Waals surface area contributed by atoms with Gasteiger partial charge in [-0.2, -0.15) is 13.2 Å². The first-order valence-electron chi connectivity index (χ1n) is 5.57. The normalized spacial score (nSPS) is 11.4. The van der Waals surface area contributed by atoms with E-state index in [4.69, 9.17) is 10.2 Å². The molecule has 0 unspecified atom stereocenters. The minimum Gasteiger partial charge on any atom is -0.478 e. The summed E-state index contributed by atoms with van der Waals surface area (Å²) in [5.74, 6) is -2.84. The van der Waals surface area contributed by atoms with Crippen molar-refractivity contribution in [1.29, 1.82) is 0 Å². The summed E-state index contributed by atoms with van der Waals surface area (Å²) in [5, 5.41) is 18.0. The molecule has 0 saturated carbocycles. The SMILES string of the molecule is O=C(O)c1ccc(C(F)(F)F)cc1-n1cccc1C(=O)O. The molecule has 0 aliphatic carbocycles. The third-order valence-electron chi connectivity index (χ3n) is 2.78. The predicted octanol–water partition coefficient (Wildman–Crippen LogP) is 2.89. The molecule has 0 bridgehead atoms. The summed E-state index contributed by atoms with van der Waals surface area (Å²) in [5.41, 5.74) is -2.19. The Morgan fingerprint density at radius 3 is 2.24 bits per heavy atom. The third-order valence-corrected chi connectivity index (χ3v) is 2.78. The van der Waals surface area contributed by atoms with E-state index in [0.29, 0.717) is 12.1 Å². The molecule has 21 heavy (non-hydrogen) atoms. The van der Waals surface area contributed by atoms with Crippen LogP contribution in [0.25, 0.3) is 5.69 Å². The molecule has 1 aromatic heterocycles. The summed E-state index contributed by atoms with van der Waals surface area (Å²) < 4.78 is 39.1. The largest absolute Gasteiger partial charge is 0.478 e. The van der Waals surface area contributed by atoms with Crippen LogP contribution in [0.2, 0.25) is 0 Å². The molecule has 8 heteroatoms. The van der Waals surface area contributed by atoms with Crippen molar-refractivity contribution in [2.75, 3.05) is 0 Å². The predicted molar refractivity (Wildman–Crippen MR) is 64.7 cm³/mol. The van der Waals surface area contributed by atoms with Crippen LogP contribution < -0.4 is 0 Å². The standard InChI is InChI=1S/C13H8F3NO4/c14-13(15,16)7-3-4-8(11(18)19)10(6-7)17-5-1-2-9(17)12(20)21/h1-6H,(H,18,19)(H,20,21). The molecule has 2 aromatic rings. The molecule has 0 atom stereocenters.